The molecule has 0 spiro atoms. The molecule has 9 nitrogen and oxygen atoms in total. The normalized spacial score (nSPS) is 19.3. The second-order valence-electron chi connectivity index (χ2n) is 8.41. The molecule has 0 bridgehead atoms. The molecule has 4 rings (SSSR count). The van der Waals surface area contributed by atoms with Gasteiger partial charge in [-0.3, -0.25) is 24.1 Å². The van der Waals surface area contributed by atoms with Gasteiger partial charge in [-0.25, -0.2) is 4.79 Å². The first kappa shape index (κ1) is 24.6. The van der Waals surface area contributed by atoms with E-state index in [-0.39, 0.29) is 40.8 Å². The number of carbonyl (C=O) groups is 5. The van der Waals surface area contributed by atoms with Crippen LogP contribution in [0.1, 0.15) is 42.3 Å². The molecule has 2 aliphatic rings. The number of nitrogens with one attached hydrogen (secondary N) is 1. The van der Waals surface area contributed by atoms with Crippen LogP contribution in [0.25, 0.3) is 10.4 Å². The van der Waals surface area contributed by atoms with Gasteiger partial charge in [0.05, 0.1) is 24.1 Å². The highest BCUT2D eigenvalue weighted by Crippen LogP contribution is 2.38. The van der Waals surface area contributed by atoms with Crippen molar-refractivity contribution in [2.75, 3.05) is 25.1 Å². The van der Waals surface area contributed by atoms with E-state index in [0.29, 0.717) is 12.8 Å². The summed E-state index contributed by atoms with van der Waals surface area (Å²) < 4.78 is 10.1. The Morgan fingerprint density at radius 3 is 2.31 bits per heavy atom. The summed E-state index contributed by atoms with van der Waals surface area (Å²) in [5.41, 5.74) is 1.12. The summed E-state index contributed by atoms with van der Waals surface area (Å²) in [5.74, 6) is -3.47. The molecule has 3 amide bonds. The lowest BCUT2D eigenvalue weighted by Gasteiger charge is -2.19. The van der Waals surface area contributed by atoms with Crippen LogP contribution in [0.2, 0.25) is 0 Å². The maximum absolute atomic E-state index is 12.5. The smallest absolute Gasteiger partial charge is 0.350 e. The number of imide groups is 1. The molecule has 2 heterocycles. The van der Waals surface area contributed by atoms with Gasteiger partial charge in [-0.05, 0) is 31.4 Å². The van der Waals surface area contributed by atoms with E-state index < -0.39 is 31.0 Å². The molecule has 35 heavy (non-hydrogen) atoms. The summed E-state index contributed by atoms with van der Waals surface area (Å²) in [6.45, 7) is 0.730. The molecule has 1 aliphatic carbocycles. The van der Waals surface area contributed by atoms with Crippen LogP contribution in [0.5, 0.6) is 0 Å². The van der Waals surface area contributed by atoms with E-state index in [1.807, 2.05) is 30.3 Å². The lowest BCUT2D eigenvalue weighted by molar-refractivity contribution is -0.154. The molecule has 1 aromatic heterocycles. The first-order valence-corrected chi connectivity index (χ1v) is 12.4. The number of anilines is 1. The number of thiophene rings is 1. The van der Waals surface area contributed by atoms with Crippen molar-refractivity contribution in [3.8, 4) is 10.4 Å². The largest absolute Gasteiger partial charge is 0.462 e. The highest BCUT2D eigenvalue weighted by molar-refractivity contribution is 7.18. The van der Waals surface area contributed by atoms with E-state index >= 15 is 0 Å². The minimum absolute atomic E-state index is 0.179. The molecule has 2 fully saturated rings. The predicted octanol–water partition coefficient (Wildman–Crippen LogP) is 3.25. The van der Waals surface area contributed by atoms with E-state index in [1.54, 1.807) is 13.0 Å². The van der Waals surface area contributed by atoms with Gasteiger partial charge in [0.2, 0.25) is 11.8 Å². The van der Waals surface area contributed by atoms with Crippen LogP contribution in [0, 0.1) is 11.8 Å². The van der Waals surface area contributed by atoms with Gasteiger partial charge in [-0.15, -0.1) is 11.3 Å². The standard InChI is InChI=1S/C25H26N2O7S/c1-2-33-25(32)22-18(12-19(35-22)15-8-4-3-5-9-15)26-20(28)14-34-21(29)13-27-23(30)16-10-6-7-11-17(16)24(27)31/h3-5,8-9,12,16-17H,2,6-7,10-11,13-14H2,1H3,(H,26,28). The summed E-state index contributed by atoms with van der Waals surface area (Å²) in [7, 11) is 0. The number of hydrogen-bond acceptors (Lipinski definition) is 8. The van der Waals surface area contributed by atoms with Crippen LogP contribution >= 0.6 is 11.3 Å². The van der Waals surface area contributed by atoms with Crippen molar-refractivity contribution in [2.24, 2.45) is 11.8 Å². The Morgan fingerprint density at radius 1 is 1.03 bits per heavy atom. The van der Waals surface area contributed by atoms with Crippen LogP contribution in [0.15, 0.2) is 36.4 Å². The molecule has 2 atom stereocenters. The summed E-state index contributed by atoms with van der Waals surface area (Å²) in [6.07, 6.45) is 3.08. The summed E-state index contributed by atoms with van der Waals surface area (Å²) in [4.78, 5) is 64.1. The molecule has 2 unspecified atom stereocenters. The molecule has 1 aliphatic heterocycles. The van der Waals surface area contributed by atoms with Crippen molar-refractivity contribution in [2.45, 2.75) is 32.6 Å². The third kappa shape index (κ3) is 5.43. The number of rotatable bonds is 8. The van der Waals surface area contributed by atoms with Crippen molar-refractivity contribution < 1.29 is 33.4 Å². The average molecular weight is 499 g/mol. The Labute approximate surface area is 206 Å². The van der Waals surface area contributed by atoms with Crippen LogP contribution < -0.4 is 5.32 Å². The third-order valence-corrected chi connectivity index (χ3v) is 7.27. The van der Waals surface area contributed by atoms with Gasteiger partial charge in [0.1, 0.15) is 11.4 Å². The summed E-state index contributed by atoms with van der Waals surface area (Å²) >= 11 is 1.18. The van der Waals surface area contributed by atoms with E-state index in [0.717, 1.165) is 28.2 Å². The number of carbonyl (C=O) groups excluding carboxylic acids is 5. The van der Waals surface area contributed by atoms with Gasteiger partial charge in [0, 0.05) is 4.88 Å². The van der Waals surface area contributed by atoms with E-state index in [1.165, 1.54) is 11.3 Å². The second kappa shape index (κ2) is 10.8. The molecule has 1 aromatic carbocycles. The zero-order valence-electron chi connectivity index (χ0n) is 19.3. The molecule has 184 valence electrons. The molecule has 1 saturated heterocycles. The van der Waals surface area contributed by atoms with Crippen molar-refractivity contribution >= 4 is 46.7 Å². The highest BCUT2D eigenvalue weighted by Gasteiger charge is 2.48. The summed E-state index contributed by atoms with van der Waals surface area (Å²) in [5, 5.41) is 2.59. The van der Waals surface area contributed by atoms with Crippen LogP contribution in [0.3, 0.4) is 0 Å². The van der Waals surface area contributed by atoms with E-state index in [4.69, 9.17) is 9.47 Å². The maximum Gasteiger partial charge on any atom is 0.350 e. The molecular weight excluding hydrogens is 472 g/mol. The van der Waals surface area contributed by atoms with Gasteiger partial charge in [-0.2, -0.15) is 0 Å². The zero-order valence-corrected chi connectivity index (χ0v) is 20.1. The maximum atomic E-state index is 12.5. The lowest BCUT2D eigenvalue weighted by atomic mass is 9.81. The number of nitrogens with zero attached hydrogens (tertiary/aromatic N) is 1. The highest BCUT2D eigenvalue weighted by atomic mass is 32.1. The fourth-order valence-electron chi connectivity index (χ4n) is 4.47. The number of esters is 2. The molecule has 10 heteroatoms. The lowest BCUT2D eigenvalue weighted by Crippen LogP contribution is -2.37. The average Bonchev–Trinajstić information content (AvgIpc) is 3.39. The Balaban J connectivity index is 1.37. The number of ether oxygens (including phenoxy) is 2. The molecule has 0 radical (unpaired) electrons. The Hall–Kier alpha value is -3.53. The number of fused-ring (bicyclic) bond motifs is 1. The zero-order chi connectivity index (χ0) is 24.9. The van der Waals surface area contributed by atoms with Gasteiger partial charge in [-0.1, -0.05) is 43.2 Å². The van der Waals surface area contributed by atoms with Gasteiger partial charge in [0.25, 0.3) is 5.91 Å². The Kier molecular flexibility index (Phi) is 7.60. The van der Waals surface area contributed by atoms with E-state index in [9.17, 15) is 24.0 Å². The van der Waals surface area contributed by atoms with Gasteiger partial charge < -0.3 is 14.8 Å². The monoisotopic (exact) mass is 498 g/mol. The molecular formula is C25H26N2O7S. The number of benzene rings is 1. The minimum atomic E-state index is -0.846. The first-order valence-electron chi connectivity index (χ1n) is 11.6. The number of hydrogen-bond donors (Lipinski definition) is 1. The van der Waals surface area contributed by atoms with Crippen molar-refractivity contribution in [3.63, 3.8) is 0 Å². The Bertz CT molecular complexity index is 1120. The van der Waals surface area contributed by atoms with Crippen molar-refractivity contribution in [1.82, 2.24) is 4.90 Å². The van der Waals surface area contributed by atoms with Crippen molar-refractivity contribution in [1.29, 1.82) is 0 Å². The number of likely N-dealkylation sites (tertiary alicyclic amines) is 1. The fraction of sp³-hybridized carbons (Fsp3) is 0.400. The minimum Gasteiger partial charge on any atom is -0.462 e. The third-order valence-electron chi connectivity index (χ3n) is 6.11. The first-order chi connectivity index (χ1) is 16.9. The van der Waals surface area contributed by atoms with Crippen LogP contribution in [-0.2, 0) is 28.7 Å². The van der Waals surface area contributed by atoms with Gasteiger partial charge >= 0.3 is 11.9 Å². The topological polar surface area (TPSA) is 119 Å². The predicted molar refractivity (Wildman–Crippen MR) is 127 cm³/mol. The van der Waals surface area contributed by atoms with Crippen LogP contribution in [-0.4, -0.2) is 54.3 Å². The SMILES string of the molecule is CCOC(=O)c1sc(-c2ccccc2)cc1NC(=O)COC(=O)CN1C(=O)C2CCCCC2C1=O. The van der Waals surface area contributed by atoms with E-state index in [2.05, 4.69) is 5.32 Å². The molecule has 1 N–H and O–H groups in total. The van der Waals surface area contributed by atoms with Crippen molar-refractivity contribution in [3.05, 3.63) is 41.3 Å². The second-order valence-corrected chi connectivity index (χ2v) is 9.46. The molecule has 2 aromatic rings. The van der Waals surface area contributed by atoms with Gasteiger partial charge in [0.15, 0.2) is 6.61 Å². The summed E-state index contributed by atoms with van der Waals surface area (Å²) in [6, 6.07) is 11.0. The molecule has 1 saturated carbocycles. The quantitative estimate of drug-likeness (QED) is 0.438. The fourth-order valence-corrected chi connectivity index (χ4v) is 5.48. The Morgan fingerprint density at radius 2 is 1.69 bits per heavy atom. The van der Waals surface area contributed by atoms with Crippen LogP contribution in [0.4, 0.5) is 5.69 Å². The number of amides is 3.